The first-order valence-electron chi connectivity index (χ1n) is 10.7. The van der Waals surface area contributed by atoms with Crippen LogP contribution in [0.5, 0.6) is 11.5 Å². The van der Waals surface area contributed by atoms with E-state index in [1.54, 1.807) is 36.4 Å². The molecule has 8 heteroatoms. The third-order valence-corrected chi connectivity index (χ3v) is 7.05. The molecule has 1 heterocycles. The molecule has 2 amide bonds. The van der Waals surface area contributed by atoms with E-state index in [1.807, 2.05) is 17.0 Å². The van der Waals surface area contributed by atoms with Crippen molar-refractivity contribution in [3.8, 4) is 11.5 Å². The molecule has 0 aromatic heterocycles. The molecule has 2 aromatic carbocycles. The predicted octanol–water partition coefficient (Wildman–Crippen LogP) is 4.09. The highest BCUT2D eigenvalue weighted by Gasteiger charge is 2.69. The second kappa shape index (κ2) is 8.16. The summed E-state index contributed by atoms with van der Waals surface area (Å²) >= 11 is 11.8. The molecule has 168 valence electrons. The second-order valence-electron chi connectivity index (χ2n) is 9.27. The molecule has 1 atom stereocenters. The minimum absolute atomic E-state index is 0.0231. The van der Waals surface area contributed by atoms with Crippen molar-refractivity contribution in [2.24, 2.45) is 5.41 Å². The van der Waals surface area contributed by atoms with E-state index < -0.39 is 0 Å². The quantitative estimate of drug-likeness (QED) is 0.625. The van der Waals surface area contributed by atoms with Gasteiger partial charge in [-0.15, -0.1) is 0 Å². The van der Waals surface area contributed by atoms with Gasteiger partial charge in [-0.25, -0.2) is 0 Å². The molecule has 3 aliphatic carbocycles. The van der Waals surface area contributed by atoms with Gasteiger partial charge in [0, 0.05) is 22.1 Å². The van der Waals surface area contributed by atoms with Gasteiger partial charge in [0.1, 0.15) is 17.6 Å². The molecule has 4 aliphatic rings. The number of ether oxygens (including phenoxy) is 2. The molecule has 6 nitrogen and oxygen atoms in total. The van der Waals surface area contributed by atoms with Crippen molar-refractivity contribution in [2.45, 2.75) is 37.3 Å². The summed E-state index contributed by atoms with van der Waals surface area (Å²) in [5.74, 6) is 1.34. The molecular weight excluding hydrogens is 451 g/mol. The molecule has 2 bridgehead atoms. The van der Waals surface area contributed by atoms with Crippen LogP contribution in [0.4, 0.5) is 0 Å². The van der Waals surface area contributed by atoms with Crippen molar-refractivity contribution >= 4 is 35.0 Å². The summed E-state index contributed by atoms with van der Waals surface area (Å²) in [7, 11) is 0. The molecule has 32 heavy (non-hydrogen) atoms. The topological polar surface area (TPSA) is 67.9 Å². The van der Waals surface area contributed by atoms with Gasteiger partial charge < -0.3 is 19.7 Å². The molecule has 1 saturated heterocycles. The van der Waals surface area contributed by atoms with Gasteiger partial charge in [0.05, 0.1) is 13.0 Å². The van der Waals surface area contributed by atoms with Crippen LogP contribution in [0.25, 0.3) is 0 Å². The molecule has 1 aliphatic heterocycles. The summed E-state index contributed by atoms with van der Waals surface area (Å²) in [6.07, 6.45) is 2.95. The highest BCUT2D eigenvalue weighted by Crippen LogP contribution is 2.67. The SMILES string of the molecule is O=C(COc1ccc(Cl)cc1)NC12CC(CN3C[C@H](Oc4ccc(Cl)cc4)CC3=O)(C1)C2. The molecule has 6 rings (SSSR count). The summed E-state index contributed by atoms with van der Waals surface area (Å²) in [4.78, 5) is 26.7. The average molecular weight is 475 g/mol. The van der Waals surface area contributed by atoms with Gasteiger partial charge in [-0.05, 0) is 73.2 Å². The second-order valence-corrected chi connectivity index (χ2v) is 10.1. The molecule has 3 saturated carbocycles. The standard InChI is InChI=1S/C24H24Cl2N2O4/c25-16-1-5-18(6-2-16)31-11-21(29)27-24-12-23(13-24,14-24)15-28-10-20(9-22(28)30)32-19-7-3-17(26)4-8-19/h1-8,20H,9-15H2,(H,27,29)/t20-,23?,24?/m1/s1. The van der Waals surface area contributed by atoms with Crippen LogP contribution in [-0.2, 0) is 9.59 Å². The van der Waals surface area contributed by atoms with E-state index in [1.165, 1.54) is 0 Å². The average Bonchev–Trinajstić information content (AvgIpc) is 3.05. The number of rotatable bonds is 8. The fourth-order valence-corrected chi connectivity index (χ4v) is 5.64. The number of hydrogen-bond acceptors (Lipinski definition) is 4. The zero-order chi connectivity index (χ0) is 22.3. The first kappa shape index (κ1) is 21.4. The minimum atomic E-state index is -0.144. The van der Waals surface area contributed by atoms with Crippen molar-refractivity contribution in [1.82, 2.24) is 10.2 Å². The van der Waals surface area contributed by atoms with E-state index in [-0.39, 0.29) is 35.5 Å². The Morgan fingerprint density at radius 2 is 1.59 bits per heavy atom. The van der Waals surface area contributed by atoms with Crippen LogP contribution < -0.4 is 14.8 Å². The summed E-state index contributed by atoms with van der Waals surface area (Å²) in [6, 6.07) is 14.1. The Morgan fingerprint density at radius 1 is 1.00 bits per heavy atom. The lowest BCUT2D eigenvalue weighted by molar-refractivity contribution is -0.177. The van der Waals surface area contributed by atoms with E-state index >= 15 is 0 Å². The third-order valence-electron chi connectivity index (χ3n) is 6.55. The largest absolute Gasteiger partial charge is 0.488 e. The van der Waals surface area contributed by atoms with Crippen molar-refractivity contribution < 1.29 is 19.1 Å². The van der Waals surface area contributed by atoms with E-state index in [2.05, 4.69) is 5.32 Å². The number of amides is 2. The van der Waals surface area contributed by atoms with Gasteiger partial charge in [-0.2, -0.15) is 0 Å². The van der Waals surface area contributed by atoms with Gasteiger partial charge in [0.15, 0.2) is 6.61 Å². The number of hydrogen-bond donors (Lipinski definition) is 1. The van der Waals surface area contributed by atoms with E-state index in [4.69, 9.17) is 32.7 Å². The van der Waals surface area contributed by atoms with Crippen molar-refractivity contribution in [1.29, 1.82) is 0 Å². The normalized spacial score (nSPS) is 28.0. The van der Waals surface area contributed by atoms with Crippen LogP contribution in [0.2, 0.25) is 10.0 Å². The van der Waals surface area contributed by atoms with Gasteiger partial charge in [0.2, 0.25) is 5.91 Å². The van der Waals surface area contributed by atoms with Crippen molar-refractivity contribution in [3.63, 3.8) is 0 Å². The number of carbonyl (C=O) groups excluding carboxylic acids is 2. The first-order chi connectivity index (χ1) is 15.3. The van der Waals surface area contributed by atoms with Crippen LogP contribution in [0.1, 0.15) is 25.7 Å². The zero-order valence-electron chi connectivity index (χ0n) is 17.5. The molecule has 0 radical (unpaired) electrons. The van der Waals surface area contributed by atoms with Crippen LogP contribution in [0, 0.1) is 5.41 Å². The van der Waals surface area contributed by atoms with Crippen LogP contribution in [-0.4, -0.2) is 48.1 Å². The predicted molar refractivity (Wildman–Crippen MR) is 121 cm³/mol. The monoisotopic (exact) mass is 474 g/mol. The number of nitrogens with one attached hydrogen (secondary N) is 1. The van der Waals surface area contributed by atoms with Crippen molar-refractivity contribution in [2.75, 3.05) is 19.7 Å². The zero-order valence-corrected chi connectivity index (χ0v) is 19.0. The highest BCUT2D eigenvalue weighted by molar-refractivity contribution is 6.30. The summed E-state index contributed by atoms with van der Waals surface area (Å²) in [5, 5.41) is 4.40. The van der Waals surface area contributed by atoms with E-state index in [0.29, 0.717) is 28.8 Å². The molecule has 0 unspecified atom stereocenters. The molecule has 2 aromatic rings. The molecular formula is C24H24Cl2N2O4. The maximum absolute atomic E-state index is 12.5. The maximum atomic E-state index is 12.5. The summed E-state index contributed by atoms with van der Waals surface area (Å²) in [5.41, 5.74) is -0.0163. The first-order valence-corrected chi connectivity index (χ1v) is 11.5. The van der Waals surface area contributed by atoms with Gasteiger partial charge in [-0.3, -0.25) is 9.59 Å². The lowest BCUT2D eigenvalue weighted by Crippen LogP contribution is -2.77. The lowest BCUT2D eigenvalue weighted by atomic mass is 9.39. The Bertz CT molecular complexity index is 1010. The Kier molecular flexibility index (Phi) is 5.46. The Morgan fingerprint density at radius 3 is 2.22 bits per heavy atom. The van der Waals surface area contributed by atoms with Gasteiger partial charge >= 0.3 is 0 Å². The number of halogens is 2. The van der Waals surface area contributed by atoms with Crippen molar-refractivity contribution in [3.05, 3.63) is 58.6 Å². The lowest BCUT2D eigenvalue weighted by Gasteiger charge is -2.71. The molecule has 0 spiro atoms. The van der Waals surface area contributed by atoms with Crippen LogP contribution in [0.15, 0.2) is 48.5 Å². The minimum Gasteiger partial charge on any atom is -0.488 e. The molecule has 4 fully saturated rings. The Balaban J connectivity index is 1.06. The van der Waals surface area contributed by atoms with E-state index in [9.17, 15) is 9.59 Å². The Hall–Kier alpha value is -2.44. The summed E-state index contributed by atoms with van der Waals surface area (Å²) < 4.78 is 11.5. The molecule has 1 N–H and O–H groups in total. The van der Waals surface area contributed by atoms with Crippen LogP contribution >= 0.6 is 23.2 Å². The smallest absolute Gasteiger partial charge is 0.258 e. The number of benzene rings is 2. The number of likely N-dealkylation sites (tertiary alicyclic amines) is 1. The summed E-state index contributed by atoms with van der Waals surface area (Å²) in [6.45, 7) is 1.30. The number of nitrogens with zero attached hydrogens (tertiary/aromatic N) is 1. The van der Waals surface area contributed by atoms with E-state index in [0.717, 1.165) is 31.6 Å². The fraction of sp³-hybridized carbons (Fsp3) is 0.417. The Labute approximate surface area is 196 Å². The highest BCUT2D eigenvalue weighted by atomic mass is 35.5. The maximum Gasteiger partial charge on any atom is 0.258 e. The fourth-order valence-electron chi connectivity index (χ4n) is 5.39. The third kappa shape index (κ3) is 4.39. The number of carbonyl (C=O) groups is 2. The van der Waals surface area contributed by atoms with Gasteiger partial charge in [0.25, 0.3) is 5.91 Å². The van der Waals surface area contributed by atoms with Gasteiger partial charge in [-0.1, -0.05) is 23.2 Å². The van der Waals surface area contributed by atoms with Crippen LogP contribution in [0.3, 0.4) is 0 Å².